The zero-order valence-electron chi connectivity index (χ0n) is 12.4. The minimum absolute atomic E-state index is 0.0723. The smallest absolute Gasteiger partial charge is 0.260 e. The van der Waals surface area contributed by atoms with E-state index in [0.717, 1.165) is 25.7 Å². The van der Waals surface area contributed by atoms with Crippen LogP contribution in [0.25, 0.3) is 0 Å². The Morgan fingerprint density at radius 1 is 1.55 bits per heavy atom. The first-order valence-corrected chi connectivity index (χ1v) is 8.53. The molecule has 0 saturated heterocycles. The van der Waals surface area contributed by atoms with Crippen LogP contribution in [0.4, 0.5) is 0 Å². The lowest BCUT2D eigenvalue weighted by molar-refractivity contribution is 0.191. The van der Waals surface area contributed by atoms with Gasteiger partial charge in [-0.15, -0.1) is 0 Å². The molecule has 3 N–H and O–H groups in total. The molecule has 1 aliphatic rings. The van der Waals surface area contributed by atoms with Crippen molar-refractivity contribution in [2.45, 2.75) is 50.1 Å². The third-order valence-electron chi connectivity index (χ3n) is 4.52. The predicted octanol–water partition coefficient (Wildman–Crippen LogP) is 0.914. The fourth-order valence-corrected chi connectivity index (χ4v) is 4.46. The van der Waals surface area contributed by atoms with E-state index in [2.05, 4.69) is 16.6 Å². The molecule has 20 heavy (non-hydrogen) atoms. The molecular weight excluding hydrogens is 276 g/mol. The van der Waals surface area contributed by atoms with Crippen molar-refractivity contribution in [1.29, 1.82) is 0 Å². The van der Waals surface area contributed by atoms with Gasteiger partial charge >= 0.3 is 0 Å². The second-order valence-corrected chi connectivity index (χ2v) is 7.48. The van der Waals surface area contributed by atoms with Crippen LogP contribution in [0.15, 0.2) is 11.2 Å². The Morgan fingerprint density at radius 2 is 2.25 bits per heavy atom. The van der Waals surface area contributed by atoms with Crippen LogP contribution in [0.2, 0.25) is 0 Å². The van der Waals surface area contributed by atoms with Crippen molar-refractivity contribution in [3.05, 3.63) is 12.0 Å². The Bertz CT molecular complexity index is 562. The highest BCUT2D eigenvalue weighted by molar-refractivity contribution is 7.89. The maximum Gasteiger partial charge on any atom is 0.260 e. The molecule has 114 valence electrons. The second kappa shape index (κ2) is 5.46. The number of nitrogens with zero attached hydrogens (tertiary/aromatic N) is 2. The summed E-state index contributed by atoms with van der Waals surface area (Å²) in [6.07, 6.45) is 5.46. The van der Waals surface area contributed by atoms with Gasteiger partial charge in [0.1, 0.15) is 5.82 Å². The molecule has 6 nitrogen and oxygen atoms in total. The maximum atomic E-state index is 12.5. The summed E-state index contributed by atoms with van der Waals surface area (Å²) in [5, 5.41) is 0.0723. The van der Waals surface area contributed by atoms with Crippen molar-refractivity contribution in [1.82, 2.24) is 14.3 Å². The molecule has 2 unspecified atom stereocenters. The van der Waals surface area contributed by atoms with Gasteiger partial charge in [0.05, 0.1) is 0 Å². The van der Waals surface area contributed by atoms with Gasteiger partial charge in [0.2, 0.25) is 0 Å². The number of nitrogens with two attached hydrogens (primary N) is 1. The summed E-state index contributed by atoms with van der Waals surface area (Å²) in [7, 11) is -1.85. The maximum absolute atomic E-state index is 12.5. The minimum atomic E-state index is -3.63. The van der Waals surface area contributed by atoms with Crippen LogP contribution < -0.4 is 10.5 Å². The van der Waals surface area contributed by atoms with E-state index in [0.29, 0.717) is 12.4 Å². The summed E-state index contributed by atoms with van der Waals surface area (Å²) in [4.78, 5) is 4.11. The number of imidazole rings is 1. The molecule has 0 aromatic carbocycles. The molecule has 1 aliphatic carbocycles. The quantitative estimate of drug-likeness (QED) is 0.865. The predicted molar refractivity (Wildman–Crippen MR) is 77.7 cm³/mol. The molecule has 1 aromatic heterocycles. The molecule has 0 spiro atoms. The van der Waals surface area contributed by atoms with Gasteiger partial charge in [-0.2, -0.15) is 0 Å². The van der Waals surface area contributed by atoms with Gasteiger partial charge < -0.3 is 10.3 Å². The largest absolute Gasteiger partial charge is 0.337 e. The van der Waals surface area contributed by atoms with Crippen molar-refractivity contribution in [2.24, 2.45) is 18.7 Å². The topological polar surface area (TPSA) is 90.0 Å². The highest BCUT2D eigenvalue weighted by atomic mass is 32.2. The van der Waals surface area contributed by atoms with Crippen molar-refractivity contribution >= 4 is 10.0 Å². The number of sulfonamides is 1. The van der Waals surface area contributed by atoms with E-state index < -0.39 is 15.6 Å². The average molecular weight is 300 g/mol. The summed E-state index contributed by atoms with van der Waals surface area (Å²) < 4.78 is 29.6. The second-order valence-electron chi connectivity index (χ2n) is 5.85. The Kier molecular flexibility index (Phi) is 4.22. The number of rotatable bonds is 4. The third-order valence-corrected chi connectivity index (χ3v) is 5.94. The molecular formula is C13H24N4O2S. The van der Waals surface area contributed by atoms with Gasteiger partial charge in [-0.25, -0.2) is 18.1 Å². The van der Waals surface area contributed by atoms with Gasteiger partial charge in [-0.3, -0.25) is 0 Å². The van der Waals surface area contributed by atoms with Crippen LogP contribution in [0.5, 0.6) is 0 Å². The normalized spacial score (nSPS) is 27.7. The first kappa shape index (κ1) is 15.5. The van der Waals surface area contributed by atoms with E-state index in [4.69, 9.17) is 5.73 Å². The average Bonchev–Trinajstić information content (AvgIpc) is 2.73. The lowest BCUT2D eigenvalue weighted by atomic mass is 9.74. The summed E-state index contributed by atoms with van der Waals surface area (Å²) in [6.45, 7) is 4.17. The van der Waals surface area contributed by atoms with E-state index in [1.807, 2.05) is 0 Å². The number of aryl methyl sites for hydroxylation is 2. The monoisotopic (exact) mass is 300 g/mol. The number of nitrogens with one attached hydrogen (secondary N) is 1. The molecule has 7 heteroatoms. The van der Waals surface area contributed by atoms with E-state index in [9.17, 15) is 8.42 Å². The molecule has 1 saturated carbocycles. The van der Waals surface area contributed by atoms with Gasteiger partial charge in [-0.1, -0.05) is 19.8 Å². The van der Waals surface area contributed by atoms with Crippen LogP contribution in [0.3, 0.4) is 0 Å². The highest BCUT2D eigenvalue weighted by Crippen LogP contribution is 2.34. The summed E-state index contributed by atoms with van der Waals surface area (Å²) >= 11 is 0. The van der Waals surface area contributed by atoms with Gasteiger partial charge in [0.15, 0.2) is 5.03 Å². The van der Waals surface area contributed by atoms with Crippen LogP contribution in [-0.4, -0.2) is 30.1 Å². The van der Waals surface area contributed by atoms with Gasteiger partial charge in [0.25, 0.3) is 10.0 Å². The lowest BCUT2D eigenvalue weighted by Gasteiger charge is -2.42. The molecule has 2 atom stereocenters. The van der Waals surface area contributed by atoms with Crippen molar-refractivity contribution in [3.63, 3.8) is 0 Å². The Balaban J connectivity index is 2.30. The molecule has 0 radical (unpaired) electrons. The van der Waals surface area contributed by atoms with Crippen molar-refractivity contribution < 1.29 is 8.42 Å². The number of aromatic nitrogens is 2. The van der Waals surface area contributed by atoms with Crippen molar-refractivity contribution in [3.8, 4) is 0 Å². The zero-order chi connectivity index (χ0) is 15.0. The first-order valence-electron chi connectivity index (χ1n) is 7.05. The fourth-order valence-electron chi connectivity index (χ4n) is 2.89. The van der Waals surface area contributed by atoms with Crippen molar-refractivity contribution in [2.75, 3.05) is 6.54 Å². The molecule has 2 rings (SSSR count). The molecule has 1 fully saturated rings. The third kappa shape index (κ3) is 2.75. The molecule has 0 aliphatic heterocycles. The first-order chi connectivity index (χ1) is 9.31. The van der Waals surface area contributed by atoms with E-state index in [-0.39, 0.29) is 10.9 Å². The Labute approximate surface area is 120 Å². The molecule has 1 heterocycles. The minimum Gasteiger partial charge on any atom is -0.337 e. The SMILES string of the molecule is Cc1nc(S(=O)(=O)NC2(CN)CCCCC2C)cn1C. The van der Waals surface area contributed by atoms with E-state index in [1.54, 1.807) is 18.5 Å². The molecule has 0 amide bonds. The summed E-state index contributed by atoms with van der Waals surface area (Å²) in [5.74, 6) is 0.907. The Hall–Kier alpha value is -0.920. The number of hydrogen-bond acceptors (Lipinski definition) is 4. The van der Waals surface area contributed by atoms with Crippen LogP contribution in [-0.2, 0) is 17.1 Å². The van der Waals surface area contributed by atoms with E-state index in [1.165, 1.54) is 6.20 Å². The van der Waals surface area contributed by atoms with E-state index >= 15 is 0 Å². The molecule has 0 bridgehead atoms. The number of hydrogen-bond donors (Lipinski definition) is 2. The fraction of sp³-hybridized carbons (Fsp3) is 0.769. The lowest BCUT2D eigenvalue weighted by Crippen LogP contribution is -2.59. The standard InChI is InChI=1S/C13H24N4O2S/c1-10-6-4-5-7-13(10,9-14)16-20(18,19)12-8-17(3)11(2)15-12/h8,10,16H,4-7,9,14H2,1-3H3. The molecule has 1 aromatic rings. The van der Waals surface area contributed by atoms with Gasteiger partial charge in [-0.05, 0) is 25.7 Å². The summed E-state index contributed by atoms with van der Waals surface area (Å²) in [6, 6.07) is 0. The highest BCUT2D eigenvalue weighted by Gasteiger charge is 2.41. The summed E-state index contributed by atoms with van der Waals surface area (Å²) in [5.41, 5.74) is 5.36. The Morgan fingerprint density at radius 3 is 2.75 bits per heavy atom. The van der Waals surface area contributed by atoms with Crippen LogP contribution >= 0.6 is 0 Å². The zero-order valence-corrected chi connectivity index (χ0v) is 13.2. The van der Waals surface area contributed by atoms with Crippen LogP contribution in [0.1, 0.15) is 38.4 Å². The van der Waals surface area contributed by atoms with Gasteiger partial charge in [0, 0.05) is 25.3 Å². The van der Waals surface area contributed by atoms with Crippen LogP contribution in [0, 0.1) is 12.8 Å².